The zero-order chi connectivity index (χ0) is 17.7. The van der Waals surface area contributed by atoms with Crippen LogP contribution in [-0.2, 0) is 16.0 Å². The van der Waals surface area contributed by atoms with Crippen molar-refractivity contribution in [2.75, 3.05) is 6.54 Å². The number of rotatable bonds is 7. The summed E-state index contributed by atoms with van der Waals surface area (Å²) < 4.78 is 5.54. The number of nitrogens with one attached hydrogen (secondary N) is 2. The van der Waals surface area contributed by atoms with E-state index in [2.05, 4.69) is 16.7 Å². The van der Waals surface area contributed by atoms with Gasteiger partial charge in [-0.15, -0.1) is 0 Å². The maximum Gasteiger partial charge on any atom is 0.224 e. The van der Waals surface area contributed by atoms with Crippen LogP contribution in [0.3, 0.4) is 0 Å². The molecule has 1 unspecified atom stereocenters. The van der Waals surface area contributed by atoms with Crippen LogP contribution in [0.4, 0.5) is 0 Å². The largest absolute Gasteiger partial charge is 0.464 e. The molecular formula is C19H26N2O3. The highest BCUT2D eigenvalue weighted by molar-refractivity contribution is 5.88. The molecule has 0 aliphatic rings. The molecule has 0 fully saturated rings. The van der Waals surface area contributed by atoms with E-state index in [1.807, 2.05) is 33.8 Å². The summed E-state index contributed by atoms with van der Waals surface area (Å²) in [4.78, 5) is 23.8. The van der Waals surface area contributed by atoms with Gasteiger partial charge in [0.05, 0.1) is 12.7 Å². The summed E-state index contributed by atoms with van der Waals surface area (Å²) in [6.07, 6.45) is 3.08. The molecule has 24 heavy (non-hydrogen) atoms. The summed E-state index contributed by atoms with van der Waals surface area (Å²) >= 11 is 0. The first kappa shape index (κ1) is 18.0. The minimum atomic E-state index is -0.104. The third-order valence-corrected chi connectivity index (χ3v) is 4.32. The molecule has 2 rings (SSSR count). The second-order valence-electron chi connectivity index (χ2n) is 6.35. The molecule has 0 aliphatic heterocycles. The molecule has 1 aromatic carbocycles. The lowest BCUT2D eigenvalue weighted by atomic mass is 10.0. The van der Waals surface area contributed by atoms with E-state index in [0.717, 1.165) is 23.0 Å². The number of benzene rings is 1. The summed E-state index contributed by atoms with van der Waals surface area (Å²) in [7, 11) is 0. The van der Waals surface area contributed by atoms with Crippen molar-refractivity contribution in [1.82, 2.24) is 10.6 Å². The number of hydrogen-bond donors (Lipinski definition) is 2. The van der Waals surface area contributed by atoms with Crippen LogP contribution in [0.25, 0.3) is 11.0 Å². The second-order valence-corrected chi connectivity index (χ2v) is 6.35. The summed E-state index contributed by atoms with van der Waals surface area (Å²) in [5, 5.41) is 6.65. The number of fused-ring (bicyclic) bond motifs is 1. The number of hydrogen-bond acceptors (Lipinski definition) is 3. The van der Waals surface area contributed by atoms with Crippen LogP contribution >= 0.6 is 0 Å². The fourth-order valence-corrected chi connectivity index (χ4v) is 2.47. The Morgan fingerprint density at radius 3 is 2.58 bits per heavy atom. The molecule has 2 amide bonds. The fourth-order valence-electron chi connectivity index (χ4n) is 2.47. The zero-order valence-corrected chi connectivity index (χ0v) is 14.9. The predicted molar refractivity (Wildman–Crippen MR) is 94.9 cm³/mol. The monoisotopic (exact) mass is 330 g/mol. The molecule has 2 aromatic rings. The topological polar surface area (TPSA) is 71.3 Å². The Balaban J connectivity index is 1.87. The molecule has 5 nitrogen and oxygen atoms in total. The molecule has 0 bridgehead atoms. The van der Waals surface area contributed by atoms with Gasteiger partial charge in [0.2, 0.25) is 11.8 Å². The first-order chi connectivity index (χ1) is 11.4. The highest BCUT2D eigenvalue weighted by Crippen LogP contribution is 2.25. The van der Waals surface area contributed by atoms with Crippen molar-refractivity contribution in [2.24, 2.45) is 0 Å². The van der Waals surface area contributed by atoms with Crippen LogP contribution in [0.15, 0.2) is 22.8 Å². The standard InChI is InChI=1S/C19H26N2O3/c1-5-14(4)21-18(22)6-7-20-19(23)10-15-11-24-17-9-13(3)12(2)8-16(15)17/h8-9,11,14H,5-7,10H2,1-4H3,(H,20,23)(H,21,22). The molecule has 0 saturated carbocycles. The Bertz CT molecular complexity index is 734. The van der Waals surface area contributed by atoms with E-state index in [-0.39, 0.29) is 24.3 Å². The summed E-state index contributed by atoms with van der Waals surface area (Å²) in [5.41, 5.74) is 4.01. The minimum Gasteiger partial charge on any atom is -0.464 e. The Hall–Kier alpha value is -2.30. The first-order valence-electron chi connectivity index (χ1n) is 8.44. The quantitative estimate of drug-likeness (QED) is 0.820. The van der Waals surface area contributed by atoms with Gasteiger partial charge < -0.3 is 15.1 Å². The summed E-state index contributed by atoms with van der Waals surface area (Å²) in [5.74, 6) is -0.142. The van der Waals surface area contributed by atoms with Gasteiger partial charge in [0.25, 0.3) is 0 Å². The Labute approximate surface area is 142 Å². The average Bonchev–Trinajstić information content (AvgIpc) is 2.89. The first-order valence-corrected chi connectivity index (χ1v) is 8.44. The Morgan fingerprint density at radius 1 is 1.17 bits per heavy atom. The van der Waals surface area contributed by atoms with E-state index in [0.29, 0.717) is 13.0 Å². The van der Waals surface area contributed by atoms with Crippen LogP contribution in [0.5, 0.6) is 0 Å². The van der Waals surface area contributed by atoms with Crippen molar-refractivity contribution < 1.29 is 14.0 Å². The van der Waals surface area contributed by atoms with E-state index in [9.17, 15) is 9.59 Å². The van der Waals surface area contributed by atoms with Gasteiger partial charge in [0.15, 0.2) is 0 Å². The Morgan fingerprint density at radius 2 is 1.88 bits per heavy atom. The number of aryl methyl sites for hydroxylation is 2. The molecule has 0 radical (unpaired) electrons. The van der Waals surface area contributed by atoms with Gasteiger partial charge in [-0.3, -0.25) is 9.59 Å². The Kier molecular flexibility index (Phi) is 6.01. The molecule has 2 N–H and O–H groups in total. The number of carbonyl (C=O) groups is 2. The van der Waals surface area contributed by atoms with Crippen LogP contribution in [0.1, 0.15) is 43.4 Å². The van der Waals surface area contributed by atoms with Crippen LogP contribution in [-0.4, -0.2) is 24.4 Å². The lowest BCUT2D eigenvalue weighted by molar-refractivity contribution is -0.122. The highest BCUT2D eigenvalue weighted by atomic mass is 16.3. The van der Waals surface area contributed by atoms with Gasteiger partial charge in [-0.25, -0.2) is 0 Å². The maximum atomic E-state index is 12.1. The zero-order valence-electron chi connectivity index (χ0n) is 14.9. The van der Waals surface area contributed by atoms with E-state index < -0.39 is 0 Å². The van der Waals surface area contributed by atoms with Crippen molar-refractivity contribution in [3.63, 3.8) is 0 Å². The van der Waals surface area contributed by atoms with Crippen LogP contribution < -0.4 is 10.6 Å². The van der Waals surface area contributed by atoms with Crippen molar-refractivity contribution >= 4 is 22.8 Å². The summed E-state index contributed by atoms with van der Waals surface area (Å²) in [6.45, 7) is 8.40. The van der Waals surface area contributed by atoms with Gasteiger partial charge in [-0.1, -0.05) is 6.92 Å². The third kappa shape index (κ3) is 4.60. The molecule has 130 valence electrons. The van der Waals surface area contributed by atoms with Crippen molar-refractivity contribution in [2.45, 2.75) is 53.0 Å². The van der Waals surface area contributed by atoms with E-state index >= 15 is 0 Å². The average molecular weight is 330 g/mol. The van der Waals surface area contributed by atoms with E-state index in [1.165, 1.54) is 11.1 Å². The lowest BCUT2D eigenvalue weighted by Crippen LogP contribution is -2.35. The minimum absolute atomic E-state index is 0.0375. The van der Waals surface area contributed by atoms with Gasteiger partial charge >= 0.3 is 0 Å². The van der Waals surface area contributed by atoms with E-state index in [4.69, 9.17) is 4.42 Å². The van der Waals surface area contributed by atoms with Gasteiger partial charge in [-0.2, -0.15) is 0 Å². The molecule has 5 heteroatoms. The molecule has 0 aliphatic carbocycles. The highest BCUT2D eigenvalue weighted by Gasteiger charge is 2.12. The molecule has 1 heterocycles. The molecule has 1 atom stereocenters. The molecule has 0 spiro atoms. The maximum absolute atomic E-state index is 12.1. The van der Waals surface area contributed by atoms with Crippen molar-refractivity contribution in [1.29, 1.82) is 0 Å². The molecular weight excluding hydrogens is 304 g/mol. The smallest absolute Gasteiger partial charge is 0.224 e. The SMILES string of the molecule is CCC(C)NC(=O)CCNC(=O)Cc1coc2cc(C)c(C)cc12. The summed E-state index contributed by atoms with van der Waals surface area (Å²) in [6, 6.07) is 4.21. The van der Waals surface area contributed by atoms with Gasteiger partial charge in [0.1, 0.15) is 5.58 Å². The van der Waals surface area contributed by atoms with Crippen molar-refractivity contribution in [3.05, 3.63) is 35.1 Å². The number of furan rings is 1. The fraction of sp³-hybridized carbons (Fsp3) is 0.474. The van der Waals surface area contributed by atoms with Crippen LogP contribution in [0.2, 0.25) is 0 Å². The number of carbonyl (C=O) groups excluding carboxylic acids is 2. The van der Waals surface area contributed by atoms with Gasteiger partial charge in [-0.05, 0) is 50.5 Å². The predicted octanol–water partition coefficient (Wildman–Crippen LogP) is 3.01. The van der Waals surface area contributed by atoms with Crippen molar-refractivity contribution in [3.8, 4) is 0 Å². The third-order valence-electron chi connectivity index (χ3n) is 4.32. The molecule has 1 aromatic heterocycles. The normalized spacial score (nSPS) is 12.2. The van der Waals surface area contributed by atoms with E-state index in [1.54, 1.807) is 6.26 Å². The second kappa shape index (κ2) is 7.99. The van der Waals surface area contributed by atoms with Gasteiger partial charge in [0, 0.05) is 30.0 Å². The number of amides is 2. The lowest BCUT2D eigenvalue weighted by Gasteiger charge is -2.11. The van der Waals surface area contributed by atoms with Crippen LogP contribution in [0, 0.1) is 13.8 Å². The molecule has 0 saturated heterocycles.